The number of nitrogens with zero attached hydrogens (tertiary/aromatic N) is 1. The number of aromatic nitrogens is 1. The summed E-state index contributed by atoms with van der Waals surface area (Å²) in [4.78, 5) is 17.0. The zero-order chi connectivity index (χ0) is 13.7. The Bertz CT molecular complexity index is 402. The molecule has 0 saturated carbocycles. The number of ether oxygens (including phenoxy) is 1. The van der Waals surface area contributed by atoms with Gasteiger partial charge in [0.25, 0.3) is 0 Å². The topological polar surface area (TPSA) is 65.2 Å². The highest BCUT2D eigenvalue weighted by molar-refractivity contribution is 7.13. The monoisotopic (exact) mass is 270 g/mol. The molecule has 1 aromatic heterocycles. The number of hydrogen-bond acceptors (Lipinski definition) is 5. The van der Waals surface area contributed by atoms with Crippen molar-refractivity contribution in [3.05, 3.63) is 15.6 Å². The molecule has 1 heterocycles. The van der Waals surface area contributed by atoms with E-state index in [0.717, 1.165) is 23.5 Å². The van der Waals surface area contributed by atoms with Gasteiger partial charge in [0, 0.05) is 0 Å². The van der Waals surface area contributed by atoms with Crippen LogP contribution in [0.25, 0.3) is 0 Å². The number of hydrogen-bond donors (Lipinski definition) is 1. The van der Waals surface area contributed by atoms with E-state index in [0.29, 0.717) is 11.5 Å². The number of esters is 1. The van der Waals surface area contributed by atoms with Crippen LogP contribution < -0.4 is 5.73 Å². The van der Waals surface area contributed by atoms with Crippen LogP contribution in [0.5, 0.6) is 0 Å². The van der Waals surface area contributed by atoms with Crippen molar-refractivity contribution in [1.29, 1.82) is 0 Å². The quantitative estimate of drug-likeness (QED) is 0.806. The number of rotatable bonds is 6. The van der Waals surface area contributed by atoms with E-state index in [9.17, 15) is 4.79 Å². The van der Waals surface area contributed by atoms with Crippen LogP contribution in [0.1, 0.15) is 72.9 Å². The summed E-state index contributed by atoms with van der Waals surface area (Å²) in [6.45, 7) is 8.31. The van der Waals surface area contributed by atoms with Gasteiger partial charge in [-0.2, -0.15) is 0 Å². The molecule has 1 aromatic rings. The second-order valence-electron chi connectivity index (χ2n) is 4.54. The molecule has 0 aliphatic rings. The van der Waals surface area contributed by atoms with Gasteiger partial charge < -0.3 is 10.5 Å². The summed E-state index contributed by atoms with van der Waals surface area (Å²) in [6.07, 6.45) is 1.89. The summed E-state index contributed by atoms with van der Waals surface area (Å²) in [6, 6.07) is -0.0827. The minimum absolute atomic E-state index is 0.0827. The van der Waals surface area contributed by atoms with Gasteiger partial charge in [-0.1, -0.05) is 27.2 Å². The number of carbonyl (C=O) groups is 1. The van der Waals surface area contributed by atoms with Gasteiger partial charge in [0.15, 0.2) is 0 Å². The smallest absolute Gasteiger partial charge is 0.350 e. The van der Waals surface area contributed by atoms with Crippen molar-refractivity contribution in [2.24, 2.45) is 5.73 Å². The first-order valence-electron chi connectivity index (χ1n) is 6.44. The second-order valence-corrected chi connectivity index (χ2v) is 5.57. The molecule has 1 atom stereocenters. The van der Waals surface area contributed by atoms with Gasteiger partial charge in [-0.15, -0.1) is 11.3 Å². The first kappa shape index (κ1) is 15.1. The van der Waals surface area contributed by atoms with Gasteiger partial charge in [0.1, 0.15) is 9.88 Å². The lowest BCUT2D eigenvalue weighted by molar-refractivity contribution is 0.0530. The molecule has 0 saturated heterocycles. The molecule has 0 aliphatic heterocycles. The average molecular weight is 270 g/mol. The molecule has 0 aromatic carbocycles. The van der Waals surface area contributed by atoms with E-state index in [2.05, 4.69) is 11.9 Å². The van der Waals surface area contributed by atoms with Crippen LogP contribution in [-0.4, -0.2) is 17.6 Å². The Morgan fingerprint density at radius 1 is 1.44 bits per heavy atom. The van der Waals surface area contributed by atoms with Crippen molar-refractivity contribution in [2.75, 3.05) is 6.61 Å². The molecule has 0 spiro atoms. The van der Waals surface area contributed by atoms with Gasteiger partial charge >= 0.3 is 5.97 Å². The van der Waals surface area contributed by atoms with Gasteiger partial charge in [-0.3, -0.25) is 0 Å². The van der Waals surface area contributed by atoms with Crippen LogP contribution in [0.2, 0.25) is 0 Å². The minimum atomic E-state index is -0.284. The lowest BCUT2D eigenvalue weighted by Crippen LogP contribution is -2.09. The number of carbonyl (C=O) groups excluding carboxylic acids is 1. The second kappa shape index (κ2) is 6.85. The van der Waals surface area contributed by atoms with Gasteiger partial charge in [-0.25, -0.2) is 9.78 Å². The van der Waals surface area contributed by atoms with Crippen LogP contribution in [0.4, 0.5) is 0 Å². The third kappa shape index (κ3) is 3.53. The Kier molecular flexibility index (Phi) is 5.75. The van der Waals surface area contributed by atoms with Crippen LogP contribution >= 0.6 is 11.3 Å². The summed E-state index contributed by atoms with van der Waals surface area (Å²) >= 11 is 1.37. The zero-order valence-electron chi connectivity index (χ0n) is 11.5. The van der Waals surface area contributed by atoms with E-state index in [1.54, 1.807) is 6.92 Å². The average Bonchev–Trinajstić information content (AvgIpc) is 2.74. The van der Waals surface area contributed by atoms with Gasteiger partial charge in [0.2, 0.25) is 0 Å². The lowest BCUT2D eigenvalue weighted by atomic mass is 10.1. The maximum Gasteiger partial charge on any atom is 0.350 e. The van der Waals surface area contributed by atoms with E-state index in [4.69, 9.17) is 10.5 Å². The van der Waals surface area contributed by atoms with Gasteiger partial charge in [0.05, 0.1) is 18.3 Å². The van der Waals surface area contributed by atoms with Crippen molar-refractivity contribution < 1.29 is 9.53 Å². The van der Waals surface area contributed by atoms with E-state index >= 15 is 0 Å². The van der Waals surface area contributed by atoms with Gasteiger partial charge in [-0.05, 0) is 19.3 Å². The summed E-state index contributed by atoms with van der Waals surface area (Å²) < 4.78 is 5.06. The molecule has 18 heavy (non-hydrogen) atoms. The molecule has 0 fully saturated rings. The van der Waals surface area contributed by atoms with Crippen molar-refractivity contribution >= 4 is 17.3 Å². The molecule has 4 nitrogen and oxygen atoms in total. The minimum Gasteiger partial charge on any atom is -0.462 e. The van der Waals surface area contributed by atoms with E-state index in [-0.39, 0.29) is 17.9 Å². The lowest BCUT2D eigenvalue weighted by Gasteiger charge is -2.05. The van der Waals surface area contributed by atoms with E-state index < -0.39 is 0 Å². The molecule has 0 amide bonds. The summed E-state index contributed by atoms with van der Waals surface area (Å²) in [7, 11) is 0. The summed E-state index contributed by atoms with van der Waals surface area (Å²) in [5.41, 5.74) is 6.86. The molecule has 0 bridgehead atoms. The molecule has 1 unspecified atom stereocenters. The Labute approximate surface area is 113 Å². The van der Waals surface area contributed by atoms with E-state index in [1.165, 1.54) is 11.3 Å². The highest BCUT2D eigenvalue weighted by Gasteiger charge is 2.23. The fourth-order valence-corrected chi connectivity index (χ4v) is 2.83. The molecule has 0 radical (unpaired) electrons. The molecular weight excluding hydrogens is 248 g/mol. The highest BCUT2D eigenvalue weighted by atomic mass is 32.1. The first-order valence-corrected chi connectivity index (χ1v) is 7.26. The van der Waals surface area contributed by atoms with Crippen molar-refractivity contribution in [1.82, 2.24) is 4.98 Å². The maximum atomic E-state index is 11.9. The Balaban J connectivity index is 3.04. The fourth-order valence-electron chi connectivity index (χ4n) is 1.68. The largest absolute Gasteiger partial charge is 0.462 e. The van der Waals surface area contributed by atoms with Crippen molar-refractivity contribution in [3.63, 3.8) is 0 Å². The zero-order valence-corrected chi connectivity index (χ0v) is 12.3. The fraction of sp³-hybridized carbons (Fsp3) is 0.692. The SMILES string of the molecule is CCCC(N)c1nc(C(C)C)c(C(=O)OCC)s1. The predicted octanol–water partition coefficient (Wildman–Crippen LogP) is 3.24. The summed E-state index contributed by atoms with van der Waals surface area (Å²) in [5.74, 6) is -0.0862. The molecule has 2 N–H and O–H groups in total. The Morgan fingerprint density at radius 3 is 2.61 bits per heavy atom. The Hall–Kier alpha value is -0.940. The molecule has 0 aliphatic carbocycles. The predicted molar refractivity (Wildman–Crippen MR) is 74.0 cm³/mol. The van der Waals surface area contributed by atoms with E-state index in [1.807, 2.05) is 13.8 Å². The van der Waals surface area contributed by atoms with Crippen molar-refractivity contribution in [3.8, 4) is 0 Å². The third-order valence-electron chi connectivity index (χ3n) is 2.59. The maximum absolute atomic E-state index is 11.9. The van der Waals surface area contributed by atoms with Crippen LogP contribution in [-0.2, 0) is 4.74 Å². The highest BCUT2D eigenvalue weighted by Crippen LogP contribution is 2.30. The number of thiazole rings is 1. The summed E-state index contributed by atoms with van der Waals surface area (Å²) in [5, 5.41) is 0.837. The number of nitrogens with two attached hydrogens (primary N) is 1. The van der Waals surface area contributed by atoms with Crippen LogP contribution in [0.15, 0.2) is 0 Å². The normalized spacial score (nSPS) is 12.8. The standard InChI is InChI=1S/C13H22N2O2S/c1-5-7-9(14)12-15-10(8(3)4)11(18-12)13(16)17-6-2/h8-9H,5-7,14H2,1-4H3. The Morgan fingerprint density at radius 2 is 2.11 bits per heavy atom. The first-order chi connectivity index (χ1) is 8.51. The molecule has 5 heteroatoms. The molecule has 102 valence electrons. The molecular formula is C13H22N2O2S. The van der Waals surface area contributed by atoms with Crippen LogP contribution in [0, 0.1) is 0 Å². The van der Waals surface area contributed by atoms with Crippen molar-refractivity contribution in [2.45, 2.75) is 52.5 Å². The third-order valence-corrected chi connectivity index (χ3v) is 3.78. The van der Waals surface area contributed by atoms with Crippen LogP contribution in [0.3, 0.4) is 0 Å². The molecule has 1 rings (SSSR count).